The molecule has 1 aliphatic rings. The third-order valence-corrected chi connectivity index (χ3v) is 6.02. The molecule has 4 heterocycles. The van der Waals surface area contributed by atoms with Gasteiger partial charge in [0.1, 0.15) is 12.1 Å². The Hall–Kier alpha value is -3.36. The molecule has 1 saturated heterocycles. The van der Waals surface area contributed by atoms with Crippen molar-refractivity contribution >= 4 is 28.7 Å². The van der Waals surface area contributed by atoms with E-state index in [0.29, 0.717) is 36.6 Å². The summed E-state index contributed by atoms with van der Waals surface area (Å²) in [7, 11) is 0. The first-order chi connectivity index (χ1) is 14.9. The van der Waals surface area contributed by atoms with Gasteiger partial charge in [-0.2, -0.15) is 13.2 Å². The van der Waals surface area contributed by atoms with E-state index < -0.39 is 11.7 Å². The fourth-order valence-electron chi connectivity index (χ4n) is 4.51. The van der Waals surface area contributed by atoms with Crippen LogP contribution in [0.2, 0.25) is 0 Å². The molecule has 0 spiro atoms. The van der Waals surface area contributed by atoms with Crippen molar-refractivity contribution in [2.24, 2.45) is 5.92 Å². The maximum Gasteiger partial charge on any atom is 0.418 e. The topological polar surface area (TPSA) is 66.3 Å². The second-order valence-electron chi connectivity index (χ2n) is 8.08. The molecule has 3 aromatic heterocycles. The van der Waals surface area contributed by atoms with Crippen molar-refractivity contribution in [3.63, 3.8) is 0 Å². The maximum atomic E-state index is 13.9. The van der Waals surface area contributed by atoms with Crippen LogP contribution in [0, 0.1) is 5.92 Å². The Morgan fingerprint density at radius 1 is 1.19 bits per heavy atom. The minimum Gasteiger partial charge on any atom is -0.361 e. The lowest BCUT2D eigenvalue weighted by atomic mass is 9.90. The van der Waals surface area contributed by atoms with Crippen LogP contribution in [-0.4, -0.2) is 32.2 Å². The molecule has 5 rings (SSSR count). The van der Waals surface area contributed by atoms with Crippen molar-refractivity contribution < 1.29 is 18.0 Å². The normalized spacial score (nSPS) is 19.9. The van der Waals surface area contributed by atoms with Crippen LogP contribution >= 0.6 is 0 Å². The number of H-pyrrole nitrogens is 1. The van der Waals surface area contributed by atoms with Crippen molar-refractivity contribution in [2.75, 3.05) is 11.4 Å². The summed E-state index contributed by atoms with van der Waals surface area (Å²) in [5, 5.41) is 0. The lowest BCUT2D eigenvalue weighted by Crippen LogP contribution is -2.38. The summed E-state index contributed by atoms with van der Waals surface area (Å²) in [5.74, 6) is 0.985. The number of imidazole rings is 1. The van der Waals surface area contributed by atoms with Gasteiger partial charge >= 0.3 is 6.18 Å². The zero-order chi connectivity index (χ0) is 21.8. The molecule has 0 unspecified atom stereocenters. The highest BCUT2D eigenvalue weighted by molar-refractivity contribution is 5.79. The predicted molar refractivity (Wildman–Crippen MR) is 110 cm³/mol. The second kappa shape index (κ2) is 7.11. The maximum absolute atomic E-state index is 13.9. The summed E-state index contributed by atoms with van der Waals surface area (Å²) >= 11 is 0. The number of benzene rings is 1. The molecule has 9 heteroatoms. The Bertz CT molecular complexity index is 1280. The second-order valence-corrected chi connectivity index (χ2v) is 8.08. The molecule has 1 N–H and O–H groups in total. The van der Waals surface area contributed by atoms with Crippen molar-refractivity contribution in [3.05, 3.63) is 59.8 Å². The standard InChI is InChI=1S/C22H20F3N5O/c1-13-5-7-29(18-9-14(12-31)2-3-16(18)22(23,24)25)19(8-13)21-28-11-15-10-27-20-17(30(15)21)4-6-26-20/h2-4,6,9-13,19,26H,5,7-8H2,1H3/t13-,19+/m0/s1. The van der Waals surface area contributed by atoms with Crippen LogP contribution in [0.3, 0.4) is 0 Å². The molecule has 31 heavy (non-hydrogen) atoms. The fourth-order valence-corrected chi connectivity index (χ4v) is 4.51. The number of halogens is 3. The van der Waals surface area contributed by atoms with Crippen LogP contribution in [-0.2, 0) is 6.18 Å². The first-order valence-corrected chi connectivity index (χ1v) is 10.1. The summed E-state index contributed by atoms with van der Waals surface area (Å²) in [6.07, 6.45) is 2.61. The van der Waals surface area contributed by atoms with Crippen molar-refractivity contribution in [1.82, 2.24) is 19.4 Å². The van der Waals surface area contributed by atoms with Crippen LogP contribution in [0.4, 0.5) is 18.9 Å². The number of hydrogen-bond donors (Lipinski definition) is 1. The molecule has 160 valence electrons. The molecule has 0 saturated carbocycles. The quantitative estimate of drug-likeness (QED) is 0.466. The highest BCUT2D eigenvalue weighted by Crippen LogP contribution is 2.43. The van der Waals surface area contributed by atoms with Crippen LogP contribution in [0.1, 0.15) is 47.6 Å². The number of carbonyl (C=O) groups excluding carboxylic acids is 1. The first kappa shape index (κ1) is 19.6. The fraction of sp³-hybridized carbons (Fsp3) is 0.318. The van der Waals surface area contributed by atoms with Gasteiger partial charge in [-0.15, -0.1) is 0 Å². The van der Waals surface area contributed by atoms with Crippen LogP contribution in [0.25, 0.3) is 16.7 Å². The number of fused-ring (bicyclic) bond motifs is 3. The molecule has 1 aromatic carbocycles. The van der Waals surface area contributed by atoms with Gasteiger partial charge in [0.2, 0.25) is 0 Å². The molecule has 1 aliphatic heterocycles. The molecule has 0 amide bonds. The van der Waals surface area contributed by atoms with Crippen LogP contribution in [0.5, 0.6) is 0 Å². The Kier molecular flexibility index (Phi) is 4.49. The summed E-state index contributed by atoms with van der Waals surface area (Å²) in [6, 6.07) is 5.04. The van der Waals surface area contributed by atoms with Gasteiger partial charge in [-0.3, -0.25) is 9.20 Å². The zero-order valence-corrected chi connectivity index (χ0v) is 16.7. The smallest absolute Gasteiger partial charge is 0.361 e. The highest BCUT2D eigenvalue weighted by atomic mass is 19.4. The third kappa shape index (κ3) is 3.24. The monoisotopic (exact) mass is 427 g/mol. The number of aromatic amines is 1. The molecule has 0 bridgehead atoms. The number of rotatable bonds is 3. The van der Waals surface area contributed by atoms with Gasteiger partial charge in [-0.25, -0.2) is 9.97 Å². The minimum absolute atomic E-state index is 0.0186. The summed E-state index contributed by atoms with van der Waals surface area (Å²) in [4.78, 5) is 25.1. The number of alkyl halides is 3. The van der Waals surface area contributed by atoms with E-state index >= 15 is 0 Å². The average molecular weight is 427 g/mol. The van der Waals surface area contributed by atoms with E-state index in [-0.39, 0.29) is 17.3 Å². The Balaban J connectivity index is 1.71. The van der Waals surface area contributed by atoms with Crippen LogP contribution < -0.4 is 4.90 Å². The van der Waals surface area contributed by atoms with E-state index in [1.807, 2.05) is 10.5 Å². The Morgan fingerprint density at radius 2 is 2.00 bits per heavy atom. The van der Waals surface area contributed by atoms with Gasteiger partial charge < -0.3 is 9.88 Å². The number of aromatic nitrogens is 4. The van der Waals surface area contributed by atoms with Gasteiger partial charge in [0, 0.05) is 18.3 Å². The molecule has 1 fully saturated rings. The molecular weight excluding hydrogens is 407 g/mol. The van der Waals surface area contributed by atoms with Crippen molar-refractivity contribution in [3.8, 4) is 0 Å². The highest BCUT2D eigenvalue weighted by Gasteiger charge is 2.39. The first-order valence-electron chi connectivity index (χ1n) is 10.1. The van der Waals surface area contributed by atoms with Gasteiger partial charge in [0.05, 0.1) is 40.7 Å². The molecule has 0 aliphatic carbocycles. The number of nitrogens with one attached hydrogen (secondary N) is 1. The SMILES string of the molecule is C[C@H]1CCN(c2cc(C=O)ccc2C(F)(F)F)[C@@H](c2ncc3cnc4[nH]ccc4n23)C1. The lowest BCUT2D eigenvalue weighted by Gasteiger charge is -2.40. The van der Waals surface area contributed by atoms with E-state index in [1.165, 1.54) is 12.1 Å². The van der Waals surface area contributed by atoms with E-state index in [2.05, 4.69) is 21.9 Å². The number of piperidine rings is 1. The van der Waals surface area contributed by atoms with Gasteiger partial charge in [0.25, 0.3) is 0 Å². The lowest BCUT2D eigenvalue weighted by molar-refractivity contribution is -0.137. The summed E-state index contributed by atoms with van der Waals surface area (Å²) in [6.45, 7) is 2.54. The average Bonchev–Trinajstić information content (AvgIpc) is 3.38. The number of anilines is 1. The van der Waals surface area contributed by atoms with Crippen molar-refractivity contribution in [1.29, 1.82) is 0 Å². The number of carbonyl (C=O) groups is 1. The van der Waals surface area contributed by atoms with E-state index in [9.17, 15) is 18.0 Å². The predicted octanol–water partition coefficient (Wildman–Crippen LogP) is 5.02. The van der Waals surface area contributed by atoms with E-state index in [4.69, 9.17) is 0 Å². The molecular formula is C22H20F3N5O. The molecule has 4 aromatic rings. The molecule has 6 nitrogen and oxygen atoms in total. The summed E-state index contributed by atoms with van der Waals surface area (Å²) in [5.41, 5.74) is 1.77. The van der Waals surface area contributed by atoms with Gasteiger partial charge in [-0.05, 0) is 37.0 Å². The van der Waals surface area contributed by atoms with E-state index in [0.717, 1.165) is 23.5 Å². The van der Waals surface area contributed by atoms with Crippen molar-refractivity contribution in [2.45, 2.75) is 32.0 Å². The number of nitrogens with zero attached hydrogens (tertiary/aromatic N) is 4. The van der Waals surface area contributed by atoms with Crippen LogP contribution in [0.15, 0.2) is 42.9 Å². The number of aldehydes is 1. The minimum atomic E-state index is -4.53. The van der Waals surface area contributed by atoms with E-state index in [1.54, 1.807) is 23.5 Å². The van der Waals surface area contributed by atoms with Gasteiger partial charge in [-0.1, -0.05) is 13.0 Å². The zero-order valence-electron chi connectivity index (χ0n) is 16.7. The Morgan fingerprint density at radius 3 is 2.77 bits per heavy atom. The Labute approximate surface area is 175 Å². The molecule has 2 atom stereocenters. The largest absolute Gasteiger partial charge is 0.418 e. The summed E-state index contributed by atoms with van der Waals surface area (Å²) < 4.78 is 43.5. The number of hydrogen-bond acceptors (Lipinski definition) is 4. The van der Waals surface area contributed by atoms with Gasteiger partial charge in [0.15, 0.2) is 5.65 Å². The third-order valence-electron chi connectivity index (χ3n) is 6.02. The molecule has 0 radical (unpaired) electrons.